The van der Waals surface area contributed by atoms with Gasteiger partial charge in [0.15, 0.2) is 11.0 Å². The van der Waals surface area contributed by atoms with Gasteiger partial charge in [-0.15, -0.1) is 16.8 Å². The summed E-state index contributed by atoms with van der Waals surface area (Å²) in [6, 6.07) is 13.6. The quantitative estimate of drug-likeness (QED) is 0.383. The van der Waals surface area contributed by atoms with Gasteiger partial charge in [0.1, 0.15) is 18.2 Å². The largest absolute Gasteiger partial charge is 0.486 e. The van der Waals surface area contributed by atoms with E-state index in [1.165, 1.54) is 29.5 Å². The molecule has 0 aliphatic rings. The van der Waals surface area contributed by atoms with E-state index in [1.807, 2.05) is 28.8 Å². The number of amides is 1. The number of carbonyl (C=O) groups excluding carboxylic acids is 1. The number of allylic oxidation sites excluding steroid dienone is 1. The standard InChI is InChI=1S/C22H23FN4O2S/c1-3-13-27-20(14-29-19-11-7-17(23)8-12-19)25-26-22(27)30-15-21(28)24-18-9-5-16(4-2)6-10-18/h3,5-12H,1,4,13-15H2,2H3,(H,24,28). The zero-order valence-electron chi connectivity index (χ0n) is 16.7. The lowest BCUT2D eigenvalue weighted by Crippen LogP contribution is -2.15. The van der Waals surface area contributed by atoms with Crippen molar-refractivity contribution < 1.29 is 13.9 Å². The van der Waals surface area contributed by atoms with Crippen molar-refractivity contribution in [1.29, 1.82) is 0 Å². The van der Waals surface area contributed by atoms with Gasteiger partial charge in [0, 0.05) is 12.2 Å². The van der Waals surface area contributed by atoms with Gasteiger partial charge in [-0.3, -0.25) is 9.36 Å². The average molecular weight is 427 g/mol. The molecule has 3 aromatic rings. The summed E-state index contributed by atoms with van der Waals surface area (Å²) in [5, 5.41) is 11.8. The fourth-order valence-electron chi connectivity index (χ4n) is 2.67. The van der Waals surface area contributed by atoms with Crippen LogP contribution >= 0.6 is 11.8 Å². The van der Waals surface area contributed by atoms with Crippen LogP contribution in [-0.4, -0.2) is 26.4 Å². The Morgan fingerprint density at radius 1 is 1.20 bits per heavy atom. The second-order valence-electron chi connectivity index (χ2n) is 6.43. The van der Waals surface area contributed by atoms with E-state index in [9.17, 15) is 9.18 Å². The first-order valence-electron chi connectivity index (χ1n) is 9.52. The molecule has 0 unspecified atom stereocenters. The van der Waals surface area contributed by atoms with Gasteiger partial charge in [0.2, 0.25) is 5.91 Å². The normalized spacial score (nSPS) is 10.6. The number of halogens is 1. The van der Waals surface area contributed by atoms with Crippen LogP contribution in [0, 0.1) is 5.82 Å². The zero-order chi connectivity index (χ0) is 21.3. The average Bonchev–Trinajstić information content (AvgIpc) is 3.14. The van der Waals surface area contributed by atoms with E-state index in [2.05, 4.69) is 29.0 Å². The predicted octanol–water partition coefficient (Wildman–Crippen LogP) is 4.48. The maximum absolute atomic E-state index is 13.0. The summed E-state index contributed by atoms with van der Waals surface area (Å²) in [6.45, 7) is 6.50. The summed E-state index contributed by atoms with van der Waals surface area (Å²) < 4.78 is 20.5. The number of thioether (sulfide) groups is 1. The summed E-state index contributed by atoms with van der Waals surface area (Å²) in [7, 11) is 0. The number of carbonyl (C=O) groups is 1. The number of aromatic nitrogens is 3. The summed E-state index contributed by atoms with van der Waals surface area (Å²) in [5.74, 6) is 0.880. The minimum Gasteiger partial charge on any atom is -0.486 e. The number of benzene rings is 2. The molecule has 0 spiro atoms. The lowest BCUT2D eigenvalue weighted by molar-refractivity contribution is -0.113. The van der Waals surface area contributed by atoms with E-state index in [0.717, 1.165) is 12.1 Å². The fourth-order valence-corrected chi connectivity index (χ4v) is 3.44. The van der Waals surface area contributed by atoms with Gasteiger partial charge in [-0.1, -0.05) is 36.9 Å². The van der Waals surface area contributed by atoms with Crippen LogP contribution < -0.4 is 10.1 Å². The van der Waals surface area contributed by atoms with Crippen LogP contribution in [0.5, 0.6) is 5.75 Å². The van der Waals surface area contributed by atoms with Crippen molar-refractivity contribution in [3.63, 3.8) is 0 Å². The smallest absolute Gasteiger partial charge is 0.234 e. The van der Waals surface area contributed by atoms with Crippen LogP contribution in [0.15, 0.2) is 66.3 Å². The molecule has 6 nitrogen and oxygen atoms in total. The Morgan fingerprint density at radius 3 is 2.60 bits per heavy atom. The van der Waals surface area contributed by atoms with Crippen LogP contribution in [0.3, 0.4) is 0 Å². The molecule has 156 valence electrons. The number of ether oxygens (including phenoxy) is 1. The first-order chi connectivity index (χ1) is 14.6. The van der Waals surface area contributed by atoms with Crippen LogP contribution in [0.4, 0.5) is 10.1 Å². The maximum atomic E-state index is 13.0. The van der Waals surface area contributed by atoms with Crippen molar-refractivity contribution in [2.24, 2.45) is 0 Å². The van der Waals surface area contributed by atoms with E-state index >= 15 is 0 Å². The van der Waals surface area contributed by atoms with E-state index in [1.54, 1.807) is 18.2 Å². The molecular weight excluding hydrogens is 403 g/mol. The van der Waals surface area contributed by atoms with Crippen molar-refractivity contribution >= 4 is 23.4 Å². The highest BCUT2D eigenvalue weighted by molar-refractivity contribution is 7.99. The van der Waals surface area contributed by atoms with Crippen molar-refractivity contribution in [2.45, 2.75) is 31.7 Å². The van der Waals surface area contributed by atoms with Crippen LogP contribution in [-0.2, 0) is 24.4 Å². The second kappa shape index (κ2) is 10.6. The third-order valence-corrected chi connectivity index (χ3v) is 5.23. The van der Waals surface area contributed by atoms with Gasteiger partial charge in [-0.2, -0.15) is 0 Å². The van der Waals surface area contributed by atoms with Gasteiger partial charge < -0.3 is 10.1 Å². The SMILES string of the molecule is C=CCn1c(COc2ccc(F)cc2)nnc1SCC(=O)Nc1ccc(CC)cc1. The maximum Gasteiger partial charge on any atom is 0.234 e. The molecule has 0 saturated heterocycles. The van der Waals surface area contributed by atoms with Gasteiger partial charge >= 0.3 is 0 Å². The van der Waals surface area contributed by atoms with Crippen molar-refractivity contribution in [3.8, 4) is 5.75 Å². The monoisotopic (exact) mass is 426 g/mol. The second-order valence-corrected chi connectivity index (χ2v) is 7.37. The fraction of sp³-hybridized carbons (Fsp3) is 0.227. The lowest BCUT2D eigenvalue weighted by Gasteiger charge is -2.09. The van der Waals surface area contributed by atoms with Crippen LogP contribution in [0.25, 0.3) is 0 Å². The Bertz CT molecular complexity index is 987. The molecule has 30 heavy (non-hydrogen) atoms. The molecule has 0 atom stereocenters. The highest BCUT2D eigenvalue weighted by Crippen LogP contribution is 2.20. The molecule has 0 aliphatic carbocycles. The first-order valence-corrected chi connectivity index (χ1v) is 10.5. The Morgan fingerprint density at radius 2 is 1.93 bits per heavy atom. The summed E-state index contributed by atoms with van der Waals surface area (Å²) in [6.07, 6.45) is 2.68. The summed E-state index contributed by atoms with van der Waals surface area (Å²) in [5.41, 5.74) is 1.98. The molecule has 0 saturated carbocycles. The van der Waals surface area contributed by atoms with E-state index in [4.69, 9.17) is 4.74 Å². The van der Waals surface area contributed by atoms with Gasteiger partial charge in [-0.05, 0) is 48.4 Å². The highest BCUT2D eigenvalue weighted by atomic mass is 32.2. The molecule has 0 radical (unpaired) electrons. The first kappa shape index (κ1) is 21.6. The summed E-state index contributed by atoms with van der Waals surface area (Å²) in [4.78, 5) is 12.3. The molecule has 1 N–H and O–H groups in total. The highest BCUT2D eigenvalue weighted by Gasteiger charge is 2.14. The third kappa shape index (κ3) is 5.93. The third-order valence-electron chi connectivity index (χ3n) is 4.27. The minimum absolute atomic E-state index is 0.124. The number of nitrogens with one attached hydrogen (secondary N) is 1. The predicted molar refractivity (Wildman–Crippen MR) is 116 cm³/mol. The molecule has 0 aliphatic heterocycles. The molecule has 8 heteroatoms. The molecule has 1 heterocycles. The molecule has 1 aromatic heterocycles. The Hall–Kier alpha value is -3.13. The number of rotatable bonds is 10. The van der Waals surface area contributed by atoms with Crippen LogP contribution in [0.1, 0.15) is 18.3 Å². The molecule has 1 amide bonds. The molecule has 0 fully saturated rings. The molecule has 3 rings (SSSR count). The Balaban J connectivity index is 1.58. The lowest BCUT2D eigenvalue weighted by atomic mass is 10.1. The minimum atomic E-state index is -0.324. The molecule has 0 bridgehead atoms. The van der Waals surface area contributed by atoms with E-state index in [0.29, 0.717) is 23.3 Å². The number of nitrogens with zero attached hydrogens (tertiary/aromatic N) is 3. The number of anilines is 1. The zero-order valence-corrected chi connectivity index (χ0v) is 17.5. The van der Waals surface area contributed by atoms with Crippen molar-refractivity contribution in [2.75, 3.05) is 11.1 Å². The van der Waals surface area contributed by atoms with Crippen LogP contribution in [0.2, 0.25) is 0 Å². The van der Waals surface area contributed by atoms with E-state index in [-0.39, 0.29) is 24.1 Å². The topological polar surface area (TPSA) is 69.0 Å². The Kier molecular flexibility index (Phi) is 7.62. The number of hydrogen-bond donors (Lipinski definition) is 1. The molecular formula is C22H23FN4O2S. The summed E-state index contributed by atoms with van der Waals surface area (Å²) >= 11 is 1.29. The number of aryl methyl sites for hydroxylation is 1. The van der Waals surface area contributed by atoms with Gasteiger partial charge in [0.05, 0.1) is 5.75 Å². The number of hydrogen-bond acceptors (Lipinski definition) is 5. The van der Waals surface area contributed by atoms with Gasteiger partial charge in [0.25, 0.3) is 0 Å². The van der Waals surface area contributed by atoms with Crippen molar-refractivity contribution in [1.82, 2.24) is 14.8 Å². The van der Waals surface area contributed by atoms with Gasteiger partial charge in [-0.25, -0.2) is 4.39 Å². The van der Waals surface area contributed by atoms with Crippen molar-refractivity contribution in [3.05, 3.63) is 78.4 Å². The van der Waals surface area contributed by atoms with E-state index < -0.39 is 0 Å². The Labute approximate surface area is 179 Å². The molecule has 2 aromatic carbocycles.